The van der Waals surface area contributed by atoms with Crippen molar-refractivity contribution in [2.75, 3.05) is 27.4 Å². The fourth-order valence-corrected chi connectivity index (χ4v) is 2.47. The summed E-state index contributed by atoms with van der Waals surface area (Å²) in [6, 6.07) is 8.62. The van der Waals surface area contributed by atoms with Gasteiger partial charge >= 0.3 is 6.18 Å². The van der Waals surface area contributed by atoms with Crippen LogP contribution in [0.1, 0.15) is 18.1 Å². The van der Waals surface area contributed by atoms with Crippen molar-refractivity contribution in [2.24, 2.45) is 4.99 Å². The zero-order chi connectivity index (χ0) is 22.0. The van der Waals surface area contributed by atoms with E-state index < -0.39 is 12.8 Å². The van der Waals surface area contributed by atoms with Crippen molar-refractivity contribution in [2.45, 2.75) is 26.2 Å². The highest BCUT2D eigenvalue weighted by molar-refractivity contribution is 14.0. The molecular formula is C20H26F3IN4O3. The summed E-state index contributed by atoms with van der Waals surface area (Å²) in [5.41, 5.74) is 1.58. The Balaban J connectivity index is 0.00000480. The Kier molecular flexibility index (Phi) is 11.2. The molecule has 31 heavy (non-hydrogen) atoms. The van der Waals surface area contributed by atoms with Crippen LogP contribution in [-0.2, 0) is 13.1 Å². The summed E-state index contributed by atoms with van der Waals surface area (Å²) in [6.07, 6.45) is -3.03. The third kappa shape index (κ3) is 9.49. The second-order valence-electron chi connectivity index (χ2n) is 6.13. The van der Waals surface area contributed by atoms with E-state index in [2.05, 4.69) is 25.3 Å². The van der Waals surface area contributed by atoms with Gasteiger partial charge in [0.2, 0.25) is 5.88 Å². The molecule has 2 N–H and O–H groups in total. The molecule has 0 spiro atoms. The number of pyridine rings is 1. The Bertz CT molecular complexity index is 851. The molecule has 172 valence electrons. The van der Waals surface area contributed by atoms with E-state index >= 15 is 0 Å². The van der Waals surface area contributed by atoms with Gasteiger partial charge in [0.1, 0.15) is 11.5 Å². The van der Waals surface area contributed by atoms with Crippen molar-refractivity contribution in [1.29, 1.82) is 0 Å². The van der Waals surface area contributed by atoms with Gasteiger partial charge in [-0.25, -0.2) is 9.98 Å². The standard InChI is InChI=1S/C20H25F3N4O3.HI/c1-4-24-19(27-12-15-5-6-16(28-2)10-17(15)29-3)26-11-14-7-8-25-18(9-14)30-13-20(21,22)23;/h5-10H,4,11-13H2,1-3H3,(H2,24,26,27);1H. The summed E-state index contributed by atoms with van der Waals surface area (Å²) < 4.78 is 52.1. The zero-order valence-corrected chi connectivity index (χ0v) is 19.8. The molecule has 1 aromatic heterocycles. The predicted molar refractivity (Wildman–Crippen MR) is 122 cm³/mol. The molecule has 2 aromatic rings. The highest BCUT2D eigenvalue weighted by Crippen LogP contribution is 2.24. The number of rotatable bonds is 9. The fourth-order valence-electron chi connectivity index (χ4n) is 2.47. The molecule has 0 bridgehead atoms. The molecular weight excluding hydrogens is 528 g/mol. The van der Waals surface area contributed by atoms with Crippen molar-refractivity contribution in [3.05, 3.63) is 47.7 Å². The Morgan fingerprint density at radius 1 is 1.10 bits per heavy atom. The van der Waals surface area contributed by atoms with Gasteiger partial charge in [-0.05, 0) is 30.7 Å². The molecule has 7 nitrogen and oxygen atoms in total. The average Bonchev–Trinajstić information content (AvgIpc) is 2.74. The van der Waals surface area contributed by atoms with Crippen LogP contribution in [0.5, 0.6) is 17.4 Å². The third-order valence-electron chi connectivity index (χ3n) is 3.89. The SMILES string of the molecule is CCNC(=NCc1ccnc(OCC(F)(F)F)c1)NCc1ccc(OC)cc1OC.I. The van der Waals surface area contributed by atoms with Gasteiger partial charge in [0.15, 0.2) is 12.6 Å². The van der Waals surface area contributed by atoms with Crippen molar-refractivity contribution in [3.8, 4) is 17.4 Å². The van der Waals surface area contributed by atoms with Crippen LogP contribution in [0.4, 0.5) is 13.2 Å². The number of alkyl halides is 3. The smallest absolute Gasteiger partial charge is 0.422 e. The van der Waals surface area contributed by atoms with Crippen molar-refractivity contribution in [3.63, 3.8) is 0 Å². The summed E-state index contributed by atoms with van der Waals surface area (Å²) in [5.74, 6) is 1.82. The van der Waals surface area contributed by atoms with Crippen LogP contribution in [0.15, 0.2) is 41.5 Å². The lowest BCUT2D eigenvalue weighted by Crippen LogP contribution is -2.36. The van der Waals surface area contributed by atoms with Gasteiger partial charge in [-0.2, -0.15) is 13.2 Å². The molecule has 11 heteroatoms. The first kappa shape index (κ1) is 26.6. The van der Waals surface area contributed by atoms with Gasteiger partial charge in [-0.1, -0.05) is 0 Å². The van der Waals surface area contributed by atoms with E-state index in [1.165, 1.54) is 12.3 Å². The number of hydrogen-bond donors (Lipinski definition) is 2. The molecule has 0 amide bonds. The number of aliphatic imine (C=N–C) groups is 1. The van der Waals surface area contributed by atoms with E-state index in [1.807, 2.05) is 19.1 Å². The molecule has 0 saturated heterocycles. The van der Waals surface area contributed by atoms with Gasteiger partial charge in [-0.15, -0.1) is 24.0 Å². The molecule has 0 radical (unpaired) electrons. The molecule has 0 atom stereocenters. The number of ether oxygens (including phenoxy) is 3. The maximum atomic E-state index is 12.3. The summed E-state index contributed by atoms with van der Waals surface area (Å²) in [7, 11) is 3.17. The number of nitrogens with one attached hydrogen (secondary N) is 2. The van der Waals surface area contributed by atoms with Crippen LogP contribution in [-0.4, -0.2) is 44.5 Å². The van der Waals surface area contributed by atoms with Crippen molar-refractivity contribution in [1.82, 2.24) is 15.6 Å². The predicted octanol–water partition coefficient (Wildman–Crippen LogP) is 3.91. The molecule has 0 aliphatic carbocycles. The number of aromatic nitrogens is 1. The summed E-state index contributed by atoms with van der Waals surface area (Å²) >= 11 is 0. The largest absolute Gasteiger partial charge is 0.497 e. The summed E-state index contributed by atoms with van der Waals surface area (Å²) in [5, 5.41) is 6.32. The normalized spacial score (nSPS) is 11.4. The number of nitrogens with zero attached hydrogens (tertiary/aromatic N) is 2. The first-order valence-corrected chi connectivity index (χ1v) is 9.22. The van der Waals surface area contributed by atoms with Gasteiger partial charge < -0.3 is 24.8 Å². The van der Waals surface area contributed by atoms with Gasteiger partial charge in [0.05, 0.1) is 20.8 Å². The van der Waals surface area contributed by atoms with E-state index in [4.69, 9.17) is 9.47 Å². The van der Waals surface area contributed by atoms with Crippen molar-refractivity contribution < 1.29 is 27.4 Å². The van der Waals surface area contributed by atoms with Crippen molar-refractivity contribution >= 4 is 29.9 Å². The molecule has 0 aliphatic heterocycles. The van der Waals surface area contributed by atoms with E-state index in [0.29, 0.717) is 36.1 Å². The minimum atomic E-state index is -4.42. The zero-order valence-electron chi connectivity index (χ0n) is 17.5. The lowest BCUT2D eigenvalue weighted by atomic mass is 10.2. The first-order chi connectivity index (χ1) is 14.3. The average molecular weight is 554 g/mol. The maximum Gasteiger partial charge on any atom is 0.422 e. The maximum absolute atomic E-state index is 12.3. The van der Waals surface area contributed by atoms with E-state index in [0.717, 1.165) is 5.56 Å². The minimum Gasteiger partial charge on any atom is -0.497 e. The number of methoxy groups -OCH3 is 2. The highest BCUT2D eigenvalue weighted by Gasteiger charge is 2.28. The molecule has 2 rings (SSSR count). The Hall–Kier alpha value is -2.44. The monoisotopic (exact) mass is 554 g/mol. The van der Waals surface area contributed by atoms with E-state index in [1.54, 1.807) is 26.4 Å². The second-order valence-corrected chi connectivity index (χ2v) is 6.13. The van der Waals surface area contributed by atoms with Gasteiger partial charge in [0.25, 0.3) is 0 Å². The topological polar surface area (TPSA) is 77.0 Å². The number of benzene rings is 1. The molecule has 1 aromatic carbocycles. The summed E-state index contributed by atoms with van der Waals surface area (Å²) in [4.78, 5) is 8.25. The fraction of sp³-hybridized carbons (Fsp3) is 0.400. The van der Waals surface area contributed by atoms with Gasteiger partial charge in [-0.3, -0.25) is 0 Å². The molecule has 0 fully saturated rings. The minimum absolute atomic E-state index is 0. The lowest BCUT2D eigenvalue weighted by Gasteiger charge is -2.14. The van der Waals surface area contributed by atoms with Crippen LogP contribution < -0.4 is 24.8 Å². The molecule has 0 unspecified atom stereocenters. The van der Waals surface area contributed by atoms with E-state index in [-0.39, 0.29) is 36.4 Å². The van der Waals surface area contributed by atoms with Crippen LogP contribution in [0, 0.1) is 0 Å². The van der Waals surface area contributed by atoms with Crippen LogP contribution in [0.3, 0.4) is 0 Å². The summed E-state index contributed by atoms with van der Waals surface area (Å²) in [6.45, 7) is 1.87. The Morgan fingerprint density at radius 3 is 2.52 bits per heavy atom. The second kappa shape index (κ2) is 13.1. The lowest BCUT2D eigenvalue weighted by molar-refractivity contribution is -0.154. The quantitative estimate of drug-likeness (QED) is 0.278. The molecule has 1 heterocycles. The number of halogens is 4. The molecule has 0 aliphatic rings. The number of hydrogen-bond acceptors (Lipinski definition) is 5. The van der Waals surface area contributed by atoms with Crippen LogP contribution in [0.25, 0.3) is 0 Å². The Morgan fingerprint density at radius 2 is 1.87 bits per heavy atom. The third-order valence-corrected chi connectivity index (χ3v) is 3.89. The Labute approximate surface area is 196 Å². The van der Waals surface area contributed by atoms with Gasteiger partial charge in [0, 0.05) is 37.0 Å². The first-order valence-electron chi connectivity index (χ1n) is 9.22. The number of guanidine groups is 1. The van der Waals surface area contributed by atoms with E-state index in [9.17, 15) is 13.2 Å². The highest BCUT2D eigenvalue weighted by atomic mass is 127. The molecule has 0 saturated carbocycles. The van der Waals surface area contributed by atoms with Crippen LogP contribution >= 0.6 is 24.0 Å². The van der Waals surface area contributed by atoms with Crippen LogP contribution in [0.2, 0.25) is 0 Å².